The predicted molar refractivity (Wildman–Crippen MR) is 83.4 cm³/mol. The number of nitrogens with one attached hydrogen (secondary N) is 2. The van der Waals surface area contributed by atoms with Crippen molar-refractivity contribution in [2.45, 2.75) is 56.9 Å². The maximum atomic E-state index is 12.1. The van der Waals surface area contributed by atoms with Crippen LogP contribution in [0, 0.1) is 5.92 Å². The van der Waals surface area contributed by atoms with Gasteiger partial charge in [0.1, 0.15) is 5.54 Å². The van der Waals surface area contributed by atoms with Gasteiger partial charge in [-0.2, -0.15) is 0 Å². The minimum atomic E-state index is -0.750. The van der Waals surface area contributed by atoms with Gasteiger partial charge >= 0.3 is 5.97 Å². The number of piperidine rings is 1. The summed E-state index contributed by atoms with van der Waals surface area (Å²) >= 11 is 0. The zero-order chi connectivity index (χ0) is 14.4. The minimum absolute atomic E-state index is 0. The van der Waals surface area contributed by atoms with Gasteiger partial charge in [0.25, 0.3) is 0 Å². The number of hydrogen-bond acceptors (Lipinski definition) is 4. The Morgan fingerprint density at radius 3 is 2.43 bits per heavy atom. The standard InChI is InChI=1S/C15H26N2O3.ClH/c1-20-14(19)15(8-2-3-9-15)17-13(18)5-4-12-6-10-16-11-7-12;/h12,16H,2-11H2,1H3,(H,17,18);1H. The third kappa shape index (κ3) is 4.85. The van der Waals surface area contributed by atoms with E-state index in [0.29, 0.717) is 25.2 Å². The van der Waals surface area contributed by atoms with E-state index in [1.807, 2.05) is 0 Å². The number of esters is 1. The van der Waals surface area contributed by atoms with Gasteiger partial charge in [0.2, 0.25) is 5.91 Å². The van der Waals surface area contributed by atoms with Crippen LogP contribution >= 0.6 is 12.4 Å². The second-order valence-corrected chi connectivity index (χ2v) is 6.06. The predicted octanol–water partition coefficient (Wildman–Crippen LogP) is 1.79. The van der Waals surface area contributed by atoms with Crippen molar-refractivity contribution < 1.29 is 14.3 Å². The Kier molecular flexibility index (Phi) is 7.46. The van der Waals surface area contributed by atoms with E-state index in [-0.39, 0.29) is 24.3 Å². The summed E-state index contributed by atoms with van der Waals surface area (Å²) in [6.07, 6.45) is 7.10. The zero-order valence-electron chi connectivity index (χ0n) is 12.8. The molecule has 21 heavy (non-hydrogen) atoms. The number of amides is 1. The highest BCUT2D eigenvalue weighted by Crippen LogP contribution is 2.31. The molecule has 0 aromatic carbocycles. The van der Waals surface area contributed by atoms with Crippen LogP contribution in [-0.2, 0) is 14.3 Å². The van der Waals surface area contributed by atoms with Crippen molar-refractivity contribution in [1.29, 1.82) is 0 Å². The molecule has 1 saturated heterocycles. The monoisotopic (exact) mass is 318 g/mol. The van der Waals surface area contributed by atoms with Gasteiger partial charge in [-0.25, -0.2) is 4.79 Å². The largest absolute Gasteiger partial charge is 0.467 e. The first-order chi connectivity index (χ1) is 9.66. The Morgan fingerprint density at radius 1 is 1.24 bits per heavy atom. The molecule has 0 bridgehead atoms. The quantitative estimate of drug-likeness (QED) is 0.758. The average Bonchev–Trinajstić information content (AvgIpc) is 2.95. The first-order valence-corrected chi connectivity index (χ1v) is 7.76. The number of hydrogen-bond donors (Lipinski definition) is 2. The summed E-state index contributed by atoms with van der Waals surface area (Å²) in [5.41, 5.74) is -0.750. The van der Waals surface area contributed by atoms with Crippen molar-refractivity contribution in [2.24, 2.45) is 5.92 Å². The average molecular weight is 319 g/mol. The van der Waals surface area contributed by atoms with Crippen LogP contribution < -0.4 is 10.6 Å². The van der Waals surface area contributed by atoms with Gasteiger partial charge in [0.05, 0.1) is 7.11 Å². The Balaban J connectivity index is 0.00000220. The molecule has 5 nitrogen and oxygen atoms in total. The second-order valence-electron chi connectivity index (χ2n) is 6.06. The Bertz CT molecular complexity index is 351. The first kappa shape index (κ1) is 18.2. The molecule has 122 valence electrons. The van der Waals surface area contributed by atoms with Crippen molar-refractivity contribution in [1.82, 2.24) is 10.6 Å². The van der Waals surface area contributed by atoms with Gasteiger partial charge in [0.15, 0.2) is 0 Å². The summed E-state index contributed by atoms with van der Waals surface area (Å²) in [6, 6.07) is 0. The highest BCUT2D eigenvalue weighted by atomic mass is 35.5. The zero-order valence-corrected chi connectivity index (χ0v) is 13.6. The van der Waals surface area contributed by atoms with Crippen molar-refractivity contribution in [3.05, 3.63) is 0 Å². The van der Waals surface area contributed by atoms with E-state index in [1.165, 1.54) is 7.11 Å². The maximum Gasteiger partial charge on any atom is 0.331 e. The SMILES string of the molecule is COC(=O)C1(NC(=O)CCC2CCNCC2)CCCC1.Cl. The Labute approximate surface area is 133 Å². The molecule has 2 aliphatic rings. The van der Waals surface area contributed by atoms with Gasteiger partial charge < -0.3 is 15.4 Å². The molecule has 1 aliphatic heterocycles. The Hall–Kier alpha value is -0.810. The van der Waals surface area contributed by atoms with Crippen LogP contribution in [0.2, 0.25) is 0 Å². The fraction of sp³-hybridized carbons (Fsp3) is 0.867. The lowest BCUT2D eigenvalue weighted by molar-refractivity contribution is -0.150. The normalized spacial score (nSPS) is 21.4. The summed E-state index contributed by atoms with van der Waals surface area (Å²) in [5, 5.41) is 6.28. The highest BCUT2D eigenvalue weighted by Gasteiger charge is 2.43. The number of methoxy groups -OCH3 is 1. The number of carbonyl (C=O) groups excluding carboxylic acids is 2. The van der Waals surface area contributed by atoms with Gasteiger partial charge in [-0.15, -0.1) is 12.4 Å². The summed E-state index contributed by atoms with van der Waals surface area (Å²) in [7, 11) is 1.39. The molecule has 0 spiro atoms. The summed E-state index contributed by atoms with van der Waals surface area (Å²) in [6.45, 7) is 2.11. The van der Waals surface area contributed by atoms with E-state index < -0.39 is 5.54 Å². The van der Waals surface area contributed by atoms with Crippen LogP contribution in [0.3, 0.4) is 0 Å². The molecule has 0 radical (unpaired) electrons. The lowest BCUT2D eigenvalue weighted by atomic mass is 9.92. The third-order valence-corrected chi connectivity index (χ3v) is 4.65. The molecule has 0 aromatic rings. The van der Waals surface area contributed by atoms with Crippen molar-refractivity contribution in [2.75, 3.05) is 20.2 Å². The summed E-state index contributed by atoms with van der Waals surface area (Å²) in [5.74, 6) is 0.348. The molecular formula is C15H27ClN2O3. The van der Waals surface area contributed by atoms with Crippen LogP contribution in [0.5, 0.6) is 0 Å². The Morgan fingerprint density at radius 2 is 1.86 bits per heavy atom. The summed E-state index contributed by atoms with van der Waals surface area (Å²) < 4.78 is 4.87. The van der Waals surface area contributed by atoms with E-state index in [9.17, 15) is 9.59 Å². The topological polar surface area (TPSA) is 67.4 Å². The maximum absolute atomic E-state index is 12.1. The molecule has 0 atom stereocenters. The van der Waals surface area contributed by atoms with E-state index in [1.54, 1.807) is 0 Å². The fourth-order valence-corrected chi connectivity index (χ4v) is 3.39. The van der Waals surface area contributed by atoms with Gasteiger partial charge in [-0.3, -0.25) is 4.79 Å². The lowest BCUT2D eigenvalue weighted by Gasteiger charge is -2.28. The number of carbonyl (C=O) groups is 2. The molecule has 1 amide bonds. The van der Waals surface area contributed by atoms with Crippen LogP contribution in [0.4, 0.5) is 0 Å². The smallest absolute Gasteiger partial charge is 0.331 e. The molecule has 1 heterocycles. The molecule has 2 rings (SSSR count). The number of halogens is 1. The van der Waals surface area contributed by atoms with E-state index in [0.717, 1.165) is 45.2 Å². The van der Waals surface area contributed by atoms with Crippen LogP contribution in [0.15, 0.2) is 0 Å². The van der Waals surface area contributed by atoms with Gasteiger partial charge in [0, 0.05) is 6.42 Å². The van der Waals surface area contributed by atoms with Crippen LogP contribution in [0.25, 0.3) is 0 Å². The fourth-order valence-electron chi connectivity index (χ4n) is 3.39. The van der Waals surface area contributed by atoms with Gasteiger partial charge in [-0.1, -0.05) is 12.8 Å². The minimum Gasteiger partial charge on any atom is -0.467 e. The van der Waals surface area contributed by atoms with Crippen molar-refractivity contribution in [3.63, 3.8) is 0 Å². The van der Waals surface area contributed by atoms with E-state index >= 15 is 0 Å². The molecule has 1 aliphatic carbocycles. The van der Waals surface area contributed by atoms with E-state index in [2.05, 4.69) is 10.6 Å². The summed E-state index contributed by atoms with van der Waals surface area (Å²) in [4.78, 5) is 24.1. The van der Waals surface area contributed by atoms with Crippen molar-refractivity contribution in [3.8, 4) is 0 Å². The second kappa shape index (κ2) is 8.59. The number of rotatable bonds is 5. The van der Waals surface area contributed by atoms with E-state index in [4.69, 9.17) is 4.74 Å². The molecule has 2 fully saturated rings. The highest BCUT2D eigenvalue weighted by molar-refractivity contribution is 5.88. The van der Waals surface area contributed by atoms with Crippen LogP contribution in [-0.4, -0.2) is 37.6 Å². The molecular weight excluding hydrogens is 292 g/mol. The molecule has 0 unspecified atom stereocenters. The van der Waals surface area contributed by atoms with Crippen LogP contribution in [0.1, 0.15) is 51.4 Å². The molecule has 1 saturated carbocycles. The molecule has 6 heteroatoms. The van der Waals surface area contributed by atoms with Gasteiger partial charge in [-0.05, 0) is 51.1 Å². The number of ether oxygens (including phenoxy) is 1. The first-order valence-electron chi connectivity index (χ1n) is 7.76. The molecule has 2 N–H and O–H groups in total. The lowest BCUT2D eigenvalue weighted by Crippen LogP contribution is -2.53. The van der Waals surface area contributed by atoms with Crippen molar-refractivity contribution >= 4 is 24.3 Å². The molecule has 0 aromatic heterocycles. The third-order valence-electron chi connectivity index (χ3n) is 4.65.